The van der Waals surface area contributed by atoms with E-state index in [4.69, 9.17) is 14.2 Å². The Morgan fingerprint density at radius 1 is 1.03 bits per heavy atom. The summed E-state index contributed by atoms with van der Waals surface area (Å²) in [6.45, 7) is 5.31. The van der Waals surface area contributed by atoms with Crippen LogP contribution in [0, 0.1) is 0 Å². The molecule has 162 valence electrons. The van der Waals surface area contributed by atoms with Crippen LogP contribution in [0.25, 0.3) is 0 Å². The Morgan fingerprint density at radius 3 is 2.37 bits per heavy atom. The number of carbonyl (C=O) groups excluding carboxylic acids is 1. The molecule has 1 amide bonds. The summed E-state index contributed by atoms with van der Waals surface area (Å²) in [6.07, 6.45) is 3.33. The molecule has 0 bridgehead atoms. The van der Waals surface area contributed by atoms with Crippen LogP contribution >= 0.6 is 0 Å². The van der Waals surface area contributed by atoms with E-state index in [1.54, 1.807) is 7.11 Å². The van der Waals surface area contributed by atoms with Crippen molar-refractivity contribution < 1.29 is 19.0 Å². The van der Waals surface area contributed by atoms with Gasteiger partial charge in [-0.1, -0.05) is 25.1 Å². The molecule has 1 saturated heterocycles. The summed E-state index contributed by atoms with van der Waals surface area (Å²) >= 11 is 0. The fourth-order valence-corrected chi connectivity index (χ4v) is 3.69. The second kappa shape index (κ2) is 11.5. The van der Waals surface area contributed by atoms with Crippen LogP contribution in [0.2, 0.25) is 0 Å². The molecule has 1 unspecified atom stereocenters. The molecule has 2 aromatic rings. The zero-order valence-corrected chi connectivity index (χ0v) is 17.9. The highest BCUT2D eigenvalue weighted by molar-refractivity contribution is 5.77. The zero-order valence-electron chi connectivity index (χ0n) is 17.9. The maximum Gasteiger partial charge on any atom is 0.258 e. The Kier molecular flexibility index (Phi) is 8.39. The molecule has 3 rings (SSSR count). The number of amides is 1. The van der Waals surface area contributed by atoms with E-state index >= 15 is 0 Å². The summed E-state index contributed by atoms with van der Waals surface area (Å²) < 4.78 is 16.7. The van der Waals surface area contributed by atoms with Crippen molar-refractivity contribution in [2.24, 2.45) is 0 Å². The van der Waals surface area contributed by atoms with Crippen LogP contribution in [0.3, 0.4) is 0 Å². The number of para-hydroxylation sites is 1. The van der Waals surface area contributed by atoms with E-state index in [1.165, 1.54) is 12.8 Å². The van der Waals surface area contributed by atoms with Crippen molar-refractivity contribution in [1.82, 2.24) is 10.2 Å². The summed E-state index contributed by atoms with van der Waals surface area (Å²) in [6, 6.07) is 15.5. The smallest absolute Gasteiger partial charge is 0.258 e. The van der Waals surface area contributed by atoms with Crippen LogP contribution in [0.1, 0.15) is 37.8 Å². The molecular formula is C24H32N2O4. The van der Waals surface area contributed by atoms with Crippen molar-refractivity contribution in [2.45, 2.75) is 32.2 Å². The molecule has 1 fully saturated rings. The molecule has 1 aliphatic rings. The van der Waals surface area contributed by atoms with Crippen LogP contribution in [-0.4, -0.2) is 50.8 Å². The monoisotopic (exact) mass is 412 g/mol. The third-order valence-electron chi connectivity index (χ3n) is 5.24. The van der Waals surface area contributed by atoms with Crippen molar-refractivity contribution >= 4 is 5.91 Å². The average Bonchev–Trinajstić information content (AvgIpc) is 3.32. The van der Waals surface area contributed by atoms with Crippen molar-refractivity contribution in [3.05, 3.63) is 54.1 Å². The summed E-state index contributed by atoms with van der Waals surface area (Å²) in [5.74, 6) is 2.17. The number of nitrogens with one attached hydrogen (secondary N) is 1. The van der Waals surface area contributed by atoms with Crippen molar-refractivity contribution in [3.63, 3.8) is 0 Å². The number of ether oxygens (including phenoxy) is 3. The molecule has 1 heterocycles. The highest BCUT2D eigenvalue weighted by Gasteiger charge is 2.26. The number of hydrogen-bond donors (Lipinski definition) is 1. The minimum Gasteiger partial charge on any atom is -0.496 e. The highest BCUT2D eigenvalue weighted by Crippen LogP contribution is 2.31. The summed E-state index contributed by atoms with van der Waals surface area (Å²) in [4.78, 5) is 14.8. The first-order valence-electron chi connectivity index (χ1n) is 10.7. The number of hydrogen-bond acceptors (Lipinski definition) is 5. The summed E-state index contributed by atoms with van der Waals surface area (Å²) in [5.41, 5.74) is 1.10. The van der Waals surface area contributed by atoms with Gasteiger partial charge in [-0.25, -0.2) is 0 Å². The lowest BCUT2D eigenvalue weighted by molar-refractivity contribution is -0.123. The SMILES string of the molecule is CCCOc1ccc(OCC(=O)NCC(c2ccccc2OC)N2CCCC2)cc1. The van der Waals surface area contributed by atoms with E-state index in [2.05, 4.69) is 23.2 Å². The van der Waals surface area contributed by atoms with Gasteiger partial charge in [-0.3, -0.25) is 9.69 Å². The van der Waals surface area contributed by atoms with Gasteiger partial charge in [-0.2, -0.15) is 0 Å². The van der Waals surface area contributed by atoms with Gasteiger partial charge >= 0.3 is 0 Å². The molecule has 0 aliphatic carbocycles. The maximum absolute atomic E-state index is 12.4. The molecule has 1 atom stereocenters. The number of rotatable bonds is 11. The van der Waals surface area contributed by atoms with Crippen molar-refractivity contribution in [1.29, 1.82) is 0 Å². The number of nitrogens with zero attached hydrogens (tertiary/aromatic N) is 1. The van der Waals surface area contributed by atoms with Crippen LogP contribution in [0.4, 0.5) is 0 Å². The molecule has 6 nitrogen and oxygen atoms in total. The Balaban J connectivity index is 1.54. The largest absolute Gasteiger partial charge is 0.496 e. The maximum atomic E-state index is 12.4. The summed E-state index contributed by atoms with van der Waals surface area (Å²) in [7, 11) is 1.69. The minimum absolute atomic E-state index is 0.0200. The second-order valence-electron chi connectivity index (χ2n) is 7.41. The van der Waals surface area contributed by atoms with Gasteiger partial charge in [0.25, 0.3) is 5.91 Å². The van der Waals surface area contributed by atoms with Gasteiger partial charge in [-0.15, -0.1) is 0 Å². The van der Waals surface area contributed by atoms with Gasteiger partial charge < -0.3 is 19.5 Å². The lowest BCUT2D eigenvalue weighted by atomic mass is 10.0. The molecular weight excluding hydrogens is 380 g/mol. The molecule has 2 aromatic carbocycles. The van der Waals surface area contributed by atoms with Gasteiger partial charge in [0.1, 0.15) is 17.2 Å². The topological polar surface area (TPSA) is 60.0 Å². The quantitative estimate of drug-likeness (QED) is 0.608. The lowest BCUT2D eigenvalue weighted by Gasteiger charge is -2.29. The normalized spacial score (nSPS) is 14.9. The van der Waals surface area contributed by atoms with E-state index in [9.17, 15) is 4.79 Å². The first kappa shape index (κ1) is 22.0. The van der Waals surface area contributed by atoms with E-state index in [0.717, 1.165) is 36.6 Å². The second-order valence-corrected chi connectivity index (χ2v) is 7.41. The fraction of sp³-hybridized carbons (Fsp3) is 0.458. The molecule has 1 N–H and O–H groups in total. The third kappa shape index (κ3) is 6.13. The van der Waals surface area contributed by atoms with Gasteiger partial charge in [-0.05, 0) is 62.7 Å². The first-order valence-corrected chi connectivity index (χ1v) is 10.7. The Hall–Kier alpha value is -2.73. The minimum atomic E-state index is -0.139. The van der Waals surface area contributed by atoms with Gasteiger partial charge in [0, 0.05) is 12.1 Å². The Bertz CT molecular complexity index is 788. The standard InChI is InChI=1S/C24H32N2O4/c1-3-16-29-19-10-12-20(13-11-19)30-18-24(27)25-17-22(26-14-6-7-15-26)21-8-4-5-9-23(21)28-2/h4-5,8-13,22H,3,6-7,14-18H2,1-2H3,(H,25,27). The molecule has 0 radical (unpaired) electrons. The Labute approximate surface area is 179 Å². The predicted octanol–water partition coefficient (Wildman–Crippen LogP) is 3.82. The lowest BCUT2D eigenvalue weighted by Crippen LogP contribution is -2.38. The van der Waals surface area contributed by atoms with E-state index in [1.807, 2.05) is 42.5 Å². The number of benzene rings is 2. The number of methoxy groups -OCH3 is 1. The van der Waals surface area contributed by atoms with E-state index in [0.29, 0.717) is 18.9 Å². The van der Waals surface area contributed by atoms with Crippen LogP contribution in [-0.2, 0) is 4.79 Å². The molecule has 0 spiro atoms. The molecule has 1 aliphatic heterocycles. The third-order valence-corrected chi connectivity index (χ3v) is 5.24. The zero-order chi connectivity index (χ0) is 21.2. The molecule has 0 aromatic heterocycles. The Morgan fingerprint density at radius 2 is 1.70 bits per heavy atom. The van der Waals surface area contributed by atoms with Crippen LogP contribution < -0.4 is 19.5 Å². The first-order chi connectivity index (χ1) is 14.7. The van der Waals surface area contributed by atoms with Crippen molar-refractivity contribution in [2.75, 3.05) is 40.0 Å². The fourth-order valence-electron chi connectivity index (χ4n) is 3.69. The van der Waals surface area contributed by atoms with E-state index in [-0.39, 0.29) is 18.6 Å². The average molecular weight is 413 g/mol. The van der Waals surface area contributed by atoms with Crippen LogP contribution in [0.15, 0.2) is 48.5 Å². The molecule has 0 saturated carbocycles. The summed E-state index contributed by atoms with van der Waals surface area (Å²) in [5, 5.41) is 3.03. The van der Waals surface area contributed by atoms with Crippen LogP contribution in [0.5, 0.6) is 17.2 Å². The van der Waals surface area contributed by atoms with Gasteiger partial charge in [0.2, 0.25) is 0 Å². The van der Waals surface area contributed by atoms with Gasteiger partial charge in [0.05, 0.1) is 19.8 Å². The van der Waals surface area contributed by atoms with E-state index < -0.39 is 0 Å². The number of carbonyl (C=O) groups is 1. The predicted molar refractivity (Wildman–Crippen MR) is 117 cm³/mol. The van der Waals surface area contributed by atoms with Gasteiger partial charge in [0.15, 0.2) is 6.61 Å². The number of likely N-dealkylation sites (tertiary alicyclic amines) is 1. The highest BCUT2D eigenvalue weighted by atomic mass is 16.5. The van der Waals surface area contributed by atoms with Crippen molar-refractivity contribution in [3.8, 4) is 17.2 Å². The molecule has 6 heteroatoms. The molecule has 30 heavy (non-hydrogen) atoms.